The summed E-state index contributed by atoms with van der Waals surface area (Å²) in [7, 11) is 0. The minimum Gasteiger partial charge on any atom is -0.287 e. The molecule has 2 aliphatic rings. The van der Waals surface area contributed by atoms with E-state index < -0.39 is 0 Å². The lowest BCUT2D eigenvalue weighted by Gasteiger charge is -2.31. The number of amidine groups is 1. The summed E-state index contributed by atoms with van der Waals surface area (Å²) in [6.45, 7) is 1.96. The Bertz CT molecular complexity index is 253. The molecular formula is C14H26N2O. The molecule has 2 rings (SSSR count). The van der Waals surface area contributed by atoms with E-state index in [-0.39, 0.29) is 0 Å². The summed E-state index contributed by atoms with van der Waals surface area (Å²) in [4.78, 5) is 4.70. The molecule has 0 heterocycles. The van der Waals surface area contributed by atoms with Crippen LogP contribution in [0.2, 0.25) is 0 Å². The fraction of sp³-hybridized carbons (Fsp3) is 0.929. The van der Waals surface area contributed by atoms with E-state index in [0.29, 0.717) is 12.1 Å². The first kappa shape index (κ1) is 12.9. The number of hydrogen-bond acceptors (Lipinski definition) is 2. The van der Waals surface area contributed by atoms with Crippen LogP contribution < -0.4 is 0 Å². The van der Waals surface area contributed by atoms with Crippen molar-refractivity contribution in [1.82, 2.24) is 5.06 Å². The maximum absolute atomic E-state index is 10.2. The smallest absolute Gasteiger partial charge is 0.121 e. The predicted octanol–water partition coefficient (Wildman–Crippen LogP) is 3.76. The van der Waals surface area contributed by atoms with Gasteiger partial charge in [-0.15, -0.1) is 0 Å². The van der Waals surface area contributed by atoms with Gasteiger partial charge in [0.2, 0.25) is 0 Å². The van der Waals surface area contributed by atoms with Gasteiger partial charge in [0.25, 0.3) is 0 Å². The van der Waals surface area contributed by atoms with Crippen LogP contribution in [0.15, 0.2) is 4.99 Å². The number of rotatable bonds is 2. The summed E-state index contributed by atoms with van der Waals surface area (Å²) in [5, 5.41) is 11.6. The van der Waals surface area contributed by atoms with E-state index in [1.165, 1.54) is 56.4 Å². The molecule has 0 aromatic carbocycles. The average molecular weight is 238 g/mol. The zero-order chi connectivity index (χ0) is 12.1. The van der Waals surface area contributed by atoms with Gasteiger partial charge in [0.05, 0.1) is 12.1 Å². The van der Waals surface area contributed by atoms with Crippen LogP contribution in [0, 0.1) is 0 Å². The molecule has 98 valence electrons. The Balaban J connectivity index is 1.87. The van der Waals surface area contributed by atoms with E-state index in [9.17, 15) is 5.21 Å². The lowest BCUT2D eigenvalue weighted by atomic mass is 9.95. The Morgan fingerprint density at radius 3 is 2.06 bits per heavy atom. The number of hydrogen-bond donors (Lipinski definition) is 1. The third kappa shape index (κ3) is 3.70. The second kappa shape index (κ2) is 6.39. The van der Waals surface area contributed by atoms with Gasteiger partial charge in [0.1, 0.15) is 5.84 Å². The molecule has 0 atom stereocenters. The van der Waals surface area contributed by atoms with Crippen molar-refractivity contribution in [3.63, 3.8) is 0 Å². The first-order chi connectivity index (χ1) is 8.27. The van der Waals surface area contributed by atoms with Crippen LogP contribution in [0.4, 0.5) is 0 Å². The Hall–Kier alpha value is -0.570. The lowest BCUT2D eigenvalue weighted by molar-refractivity contribution is -0.0652. The third-order valence-corrected chi connectivity index (χ3v) is 4.20. The standard InChI is InChI=1S/C14H26N2O/c1-12(15-13-8-4-2-5-9-13)16(17)14-10-6-3-7-11-14/h13-14,17H,2-11H2,1H3/b15-12+. The van der Waals surface area contributed by atoms with Crippen LogP contribution >= 0.6 is 0 Å². The van der Waals surface area contributed by atoms with Crippen molar-refractivity contribution in [3.8, 4) is 0 Å². The molecule has 0 radical (unpaired) electrons. The SMILES string of the molecule is C/C(=N\C1CCCCC1)N(O)C1CCCCC1. The van der Waals surface area contributed by atoms with Gasteiger partial charge in [-0.2, -0.15) is 0 Å². The molecule has 0 spiro atoms. The highest BCUT2D eigenvalue weighted by molar-refractivity contribution is 5.79. The monoisotopic (exact) mass is 238 g/mol. The number of hydroxylamine groups is 2. The highest BCUT2D eigenvalue weighted by Gasteiger charge is 2.21. The Labute approximate surface area is 105 Å². The molecule has 0 aromatic rings. The van der Waals surface area contributed by atoms with Gasteiger partial charge >= 0.3 is 0 Å². The van der Waals surface area contributed by atoms with Crippen LogP contribution in [0.5, 0.6) is 0 Å². The molecule has 0 unspecified atom stereocenters. The highest BCUT2D eigenvalue weighted by Crippen LogP contribution is 2.23. The fourth-order valence-electron chi connectivity index (χ4n) is 3.12. The molecule has 0 aliphatic heterocycles. The zero-order valence-electron chi connectivity index (χ0n) is 11.1. The van der Waals surface area contributed by atoms with Gasteiger partial charge in [-0.25, -0.2) is 5.06 Å². The Kier molecular flexibility index (Phi) is 4.84. The number of nitrogens with zero attached hydrogens (tertiary/aromatic N) is 2. The summed E-state index contributed by atoms with van der Waals surface area (Å²) in [6.07, 6.45) is 12.4. The van der Waals surface area contributed by atoms with E-state index in [2.05, 4.69) is 0 Å². The quantitative estimate of drug-likeness (QED) is 0.451. The summed E-state index contributed by atoms with van der Waals surface area (Å²) >= 11 is 0. The first-order valence-electron chi connectivity index (χ1n) is 7.30. The normalized spacial score (nSPS) is 24.9. The Morgan fingerprint density at radius 2 is 1.47 bits per heavy atom. The summed E-state index contributed by atoms with van der Waals surface area (Å²) < 4.78 is 0. The summed E-state index contributed by atoms with van der Waals surface area (Å²) in [5.74, 6) is 0.837. The van der Waals surface area contributed by atoms with Gasteiger partial charge in [-0.1, -0.05) is 38.5 Å². The summed E-state index contributed by atoms with van der Waals surface area (Å²) in [5.41, 5.74) is 0. The van der Waals surface area contributed by atoms with E-state index in [1.807, 2.05) is 6.92 Å². The molecule has 2 aliphatic carbocycles. The first-order valence-corrected chi connectivity index (χ1v) is 7.30. The van der Waals surface area contributed by atoms with Crippen molar-refractivity contribution in [1.29, 1.82) is 0 Å². The second-order valence-corrected chi connectivity index (χ2v) is 5.60. The fourth-order valence-corrected chi connectivity index (χ4v) is 3.12. The third-order valence-electron chi connectivity index (χ3n) is 4.20. The van der Waals surface area contributed by atoms with Crippen molar-refractivity contribution < 1.29 is 5.21 Å². The molecule has 0 bridgehead atoms. The van der Waals surface area contributed by atoms with Crippen LogP contribution in [0.25, 0.3) is 0 Å². The molecule has 17 heavy (non-hydrogen) atoms. The van der Waals surface area contributed by atoms with Gasteiger partial charge < -0.3 is 0 Å². The molecule has 2 fully saturated rings. The summed E-state index contributed by atoms with van der Waals surface area (Å²) in [6, 6.07) is 0.776. The molecule has 0 saturated heterocycles. The maximum atomic E-state index is 10.2. The topological polar surface area (TPSA) is 35.8 Å². The van der Waals surface area contributed by atoms with Gasteiger partial charge in [0.15, 0.2) is 0 Å². The van der Waals surface area contributed by atoms with E-state index in [4.69, 9.17) is 4.99 Å². The van der Waals surface area contributed by atoms with Crippen LogP contribution in [0.1, 0.15) is 71.1 Å². The van der Waals surface area contributed by atoms with E-state index in [0.717, 1.165) is 18.7 Å². The molecule has 2 saturated carbocycles. The minimum atomic E-state index is 0.316. The van der Waals surface area contributed by atoms with E-state index >= 15 is 0 Å². The minimum absolute atomic E-state index is 0.316. The Morgan fingerprint density at radius 1 is 0.941 bits per heavy atom. The predicted molar refractivity (Wildman–Crippen MR) is 70.5 cm³/mol. The molecule has 3 nitrogen and oxygen atoms in total. The van der Waals surface area contributed by atoms with Crippen molar-refractivity contribution in [2.75, 3.05) is 0 Å². The van der Waals surface area contributed by atoms with Crippen LogP contribution in [-0.2, 0) is 0 Å². The largest absolute Gasteiger partial charge is 0.287 e. The second-order valence-electron chi connectivity index (χ2n) is 5.60. The zero-order valence-corrected chi connectivity index (χ0v) is 11.1. The lowest BCUT2D eigenvalue weighted by Crippen LogP contribution is -2.38. The van der Waals surface area contributed by atoms with Crippen molar-refractivity contribution in [2.24, 2.45) is 4.99 Å². The number of aliphatic imine (C=N–C) groups is 1. The van der Waals surface area contributed by atoms with Crippen LogP contribution in [0.3, 0.4) is 0 Å². The molecule has 1 N–H and O–H groups in total. The highest BCUT2D eigenvalue weighted by atomic mass is 16.5. The molecule has 0 aromatic heterocycles. The molecular weight excluding hydrogens is 212 g/mol. The van der Waals surface area contributed by atoms with Gasteiger partial charge in [-0.05, 0) is 32.6 Å². The maximum Gasteiger partial charge on any atom is 0.121 e. The van der Waals surface area contributed by atoms with Gasteiger partial charge in [0, 0.05) is 0 Å². The molecule has 3 heteroatoms. The van der Waals surface area contributed by atoms with Crippen molar-refractivity contribution in [3.05, 3.63) is 0 Å². The van der Waals surface area contributed by atoms with Crippen molar-refractivity contribution >= 4 is 5.84 Å². The van der Waals surface area contributed by atoms with Crippen LogP contribution in [-0.4, -0.2) is 28.2 Å². The average Bonchev–Trinajstić information content (AvgIpc) is 2.40. The van der Waals surface area contributed by atoms with E-state index in [1.54, 1.807) is 0 Å². The molecule has 0 amide bonds. The van der Waals surface area contributed by atoms with Crippen molar-refractivity contribution in [2.45, 2.75) is 83.2 Å². The van der Waals surface area contributed by atoms with Gasteiger partial charge in [-0.3, -0.25) is 10.2 Å².